The number of rotatable bonds is 5. The molecule has 17 heavy (non-hydrogen) atoms. The van der Waals surface area contributed by atoms with Crippen LogP contribution in [0.25, 0.3) is 0 Å². The van der Waals surface area contributed by atoms with E-state index in [2.05, 4.69) is 18.2 Å². The van der Waals surface area contributed by atoms with Crippen molar-refractivity contribution in [1.82, 2.24) is 0 Å². The van der Waals surface area contributed by atoms with E-state index in [1.54, 1.807) is 0 Å². The van der Waals surface area contributed by atoms with E-state index in [0.717, 1.165) is 28.1 Å². The first-order valence-corrected chi connectivity index (χ1v) is 5.78. The van der Waals surface area contributed by atoms with Gasteiger partial charge in [0.1, 0.15) is 0 Å². The van der Waals surface area contributed by atoms with Gasteiger partial charge < -0.3 is 0 Å². The van der Waals surface area contributed by atoms with Crippen LogP contribution in [0.2, 0.25) is 0 Å². The summed E-state index contributed by atoms with van der Waals surface area (Å²) in [6, 6.07) is 0. The quantitative estimate of drug-likeness (QED) is 0.464. The molecule has 0 aromatic carbocycles. The fourth-order valence-electron chi connectivity index (χ4n) is 1.25. The van der Waals surface area contributed by atoms with E-state index in [1.807, 2.05) is 58.9 Å². The highest BCUT2D eigenvalue weighted by Gasteiger charge is 1.99. The molecule has 0 aliphatic heterocycles. The third-order valence-corrected chi connectivity index (χ3v) is 2.62. The van der Waals surface area contributed by atoms with E-state index in [-0.39, 0.29) is 0 Å². The Labute approximate surface area is 106 Å². The van der Waals surface area contributed by atoms with Gasteiger partial charge in [0, 0.05) is 11.4 Å². The van der Waals surface area contributed by atoms with Gasteiger partial charge in [0.05, 0.1) is 0 Å². The van der Waals surface area contributed by atoms with Crippen LogP contribution in [0.4, 0.5) is 0 Å². The molecule has 0 rings (SSSR count). The van der Waals surface area contributed by atoms with E-state index in [4.69, 9.17) is 0 Å². The molecule has 0 radical (unpaired) electrons. The maximum Gasteiger partial charge on any atom is 0.0447 e. The molecule has 0 aromatic rings. The molecule has 0 atom stereocenters. The van der Waals surface area contributed by atoms with E-state index in [0.29, 0.717) is 0 Å². The zero-order valence-electron chi connectivity index (χ0n) is 11.7. The summed E-state index contributed by atoms with van der Waals surface area (Å²) in [5, 5.41) is 0. The Bertz CT molecular complexity index is 415. The van der Waals surface area contributed by atoms with Crippen LogP contribution < -0.4 is 0 Å². The van der Waals surface area contributed by atoms with Gasteiger partial charge in [-0.05, 0) is 45.8 Å². The van der Waals surface area contributed by atoms with Gasteiger partial charge in [-0.1, -0.05) is 43.0 Å². The summed E-state index contributed by atoms with van der Waals surface area (Å²) in [4.78, 5) is 4.58. The van der Waals surface area contributed by atoms with Crippen molar-refractivity contribution in [2.24, 2.45) is 4.99 Å². The van der Waals surface area contributed by atoms with Crippen molar-refractivity contribution in [2.45, 2.75) is 34.6 Å². The molecule has 0 fully saturated rings. The lowest BCUT2D eigenvalue weighted by atomic mass is 10.1. The van der Waals surface area contributed by atoms with Crippen molar-refractivity contribution in [2.75, 3.05) is 0 Å². The first-order chi connectivity index (χ1) is 7.93. The summed E-state index contributed by atoms with van der Waals surface area (Å²) in [7, 11) is 0. The Balaban J connectivity index is 5.29. The van der Waals surface area contributed by atoms with Crippen LogP contribution in [0.5, 0.6) is 0 Å². The first-order valence-electron chi connectivity index (χ1n) is 5.78. The van der Waals surface area contributed by atoms with Gasteiger partial charge in [0.2, 0.25) is 0 Å². The van der Waals surface area contributed by atoms with Crippen LogP contribution in [-0.2, 0) is 0 Å². The monoisotopic (exact) mass is 229 g/mol. The first kappa shape index (κ1) is 15.4. The molecule has 0 aliphatic rings. The van der Waals surface area contributed by atoms with Crippen molar-refractivity contribution in [3.8, 4) is 0 Å². The third kappa shape index (κ3) is 5.30. The van der Waals surface area contributed by atoms with Crippen LogP contribution in [0, 0.1) is 0 Å². The molecule has 0 unspecified atom stereocenters. The fourth-order valence-corrected chi connectivity index (χ4v) is 1.25. The topological polar surface area (TPSA) is 12.4 Å². The molecule has 92 valence electrons. The predicted molar refractivity (Wildman–Crippen MR) is 79.4 cm³/mol. The van der Waals surface area contributed by atoms with Gasteiger partial charge in [0.25, 0.3) is 0 Å². The Hall–Kier alpha value is -1.63. The fraction of sp³-hybridized carbons (Fsp3) is 0.312. The molecular weight excluding hydrogens is 206 g/mol. The number of aliphatic imine (C=N–C) groups is 1. The van der Waals surface area contributed by atoms with Crippen LogP contribution in [0.15, 0.2) is 64.9 Å². The van der Waals surface area contributed by atoms with Gasteiger partial charge in [-0.2, -0.15) is 0 Å². The molecule has 0 N–H and O–H groups in total. The van der Waals surface area contributed by atoms with Gasteiger partial charge in [0.15, 0.2) is 0 Å². The van der Waals surface area contributed by atoms with E-state index in [9.17, 15) is 0 Å². The minimum Gasteiger partial charge on any atom is -0.258 e. The minimum absolute atomic E-state index is 0.969. The summed E-state index contributed by atoms with van der Waals surface area (Å²) in [5.74, 6) is 0. The third-order valence-electron chi connectivity index (χ3n) is 2.62. The predicted octanol–water partition coefficient (Wildman–Crippen LogP) is 5.01. The molecule has 0 saturated carbocycles. The highest BCUT2D eigenvalue weighted by atomic mass is 14.7. The second-order valence-electron chi connectivity index (χ2n) is 4.04. The van der Waals surface area contributed by atoms with Gasteiger partial charge in [-0.15, -0.1) is 0 Å². The minimum atomic E-state index is 0.969. The SMILES string of the molecule is C=CC(=C\C=C/C)/C(C)=N/C(C)=C(\C)C(=C)C. The van der Waals surface area contributed by atoms with Crippen molar-refractivity contribution >= 4 is 5.71 Å². The van der Waals surface area contributed by atoms with E-state index >= 15 is 0 Å². The van der Waals surface area contributed by atoms with Gasteiger partial charge in [-0.3, -0.25) is 4.99 Å². The zero-order valence-corrected chi connectivity index (χ0v) is 11.7. The summed E-state index contributed by atoms with van der Waals surface area (Å²) < 4.78 is 0. The molecule has 0 heterocycles. The standard InChI is InChI=1S/C16H23N/c1-8-10-11-16(9-2)15(7)17-14(6)13(5)12(3)4/h8-11H,2-3H2,1,4-7H3/b10-8-,14-13+,16-11+,17-15+. The van der Waals surface area contributed by atoms with Crippen LogP contribution >= 0.6 is 0 Å². The average molecular weight is 229 g/mol. The Morgan fingerprint density at radius 3 is 2.12 bits per heavy atom. The Morgan fingerprint density at radius 1 is 1.12 bits per heavy atom. The number of hydrogen-bond donors (Lipinski definition) is 0. The molecule has 0 aliphatic carbocycles. The van der Waals surface area contributed by atoms with Crippen molar-refractivity contribution in [1.29, 1.82) is 0 Å². The molecule has 0 saturated heterocycles. The number of hydrogen-bond acceptors (Lipinski definition) is 1. The Morgan fingerprint density at radius 2 is 1.71 bits per heavy atom. The number of allylic oxidation sites excluding steroid dienone is 8. The zero-order chi connectivity index (χ0) is 13.4. The van der Waals surface area contributed by atoms with Crippen LogP contribution in [-0.4, -0.2) is 5.71 Å². The van der Waals surface area contributed by atoms with Gasteiger partial charge >= 0.3 is 0 Å². The second-order valence-corrected chi connectivity index (χ2v) is 4.04. The molecule has 1 heteroatoms. The Kier molecular flexibility index (Phi) is 6.88. The maximum atomic E-state index is 4.58. The lowest BCUT2D eigenvalue weighted by Gasteiger charge is -2.05. The van der Waals surface area contributed by atoms with Crippen LogP contribution in [0.1, 0.15) is 34.6 Å². The molecular formula is C16H23N. The second kappa shape index (κ2) is 7.61. The molecule has 0 aromatic heterocycles. The summed E-state index contributed by atoms with van der Waals surface area (Å²) in [6.45, 7) is 17.7. The molecule has 0 bridgehead atoms. The molecule has 0 amide bonds. The number of nitrogens with zero attached hydrogens (tertiary/aromatic N) is 1. The van der Waals surface area contributed by atoms with E-state index < -0.39 is 0 Å². The lowest BCUT2D eigenvalue weighted by molar-refractivity contribution is 1.19. The molecule has 0 spiro atoms. The average Bonchev–Trinajstić information content (AvgIpc) is 2.28. The van der Waals surface area contributed by atoms with E-state index in [1.165, 1.54) is 0 Å². The smallest absolute Gasteiger partial charge is 0.0447 e. The highest BCUT2D eigenvalue weighted by Crippen LogP contribution is 2.14. The van der Waals surface area contributed by atoms with Gasteiger partial charge in [-0.25, -0.2) is 0 Å². The van der Waals surface area contributed by atoms with Crippen molar-refractivity contribution in [3.05, 3.63) is 59.9 Å². The van der Waals surface area contributed by atoms with Crippen LogP contribution in [0.3, 0.4) is 0 Å². The summed E-state index contributed by atoms with van der Waals surface area (Å²) in [5.41, 5.74) is 5.20. The summed E-state index contributed by atoms with van der Waals surface area (Å²) in [6.07, 6.45) is 7.80. The van der Waals surface area contributed by atoms with Crippen molar-refractivity contribution < 1.29 is 0 Å². The normalized spacial score (nSPS) is 14.9. The highest BCUT2D eigenvalue weighted by molar-refractivity contribution is 6.01. The lowest BCUT2D eigenvalue weighted by Crippen LogP contribution is -1.96. The summed E-state index contributed by atoms with van der Waals surface area (Å²) >= 11 is 0. The maximum absolute atomic E-state index is 4.58. The largest absolute Gasteiger partial charge is 0.258 e. The van der Waals surface area contributed by atoms with Crippen molar-refractivity contribution in [3.63, 3.8) is 0 Å². The molecule has 1 nitrogen and oxygen atoms in total.